The molecule has 3 rings (SSSR count). The van der Waals surface area contributed by atoms with E-state index in [1.807, 2.05) is 57.2 Å². The SMILES string of the molecule is CC(C)Oc1ccc(C(=O)NC(C)c2ccc(-n3cncn3)cc2)cc1. The van der Waals surface area contributed by atoms with Crippen LogP contribution in [0.3, 0.4) is 0 Å². The lowest BCUT2D eigenvalue weighted by molar-refractivity contribution is 0.0940. The minimum atomic E-state index is -0.117. The fraction of sp³-hybridized carbons (Fsp3) is 0.250. The second-order valence-corrected chi connectivity index (χ2v) is 6.32. The van der Waals surface area contributed by atoms with Crippen LogP contribution in [0.15, 0.2) is 61.2 Å². The van der Waals surface area contributed by atoms with E-state index in [4.69, 9.17) is 4.74 Å². The summed E-state index contributed by atoms with van der Waals surface area (Å²) in [7, 11) is 0. The van der Waals surface area contributed by atoms with Crippen LogP contribution in [-0.2, 0) is 0 Å². The average molecular weight is 350 g/mol. The van der Waals surface area contributed by atoms with Crippen molar-refractivity contribution in [3.05, 3.63) is 72.3 Å². The number of hydrogen-bond donors (Lipinski definition) is 1. The fourth-order valence-corrected chi connectivity index (χ4v) is 2.58. The Labute approximate surface area is 152 Å². The quantitative estimate of drug-likeness (QED) is 0.738. The first-order chi connectivity index (χ1) is 12.5. The highest BCUT2D eigenvalue weighted by atomic mass is 16.5. The Morgan fingerprint density at radius 2 is 1.73 bits per heavy atom. The number of amides is 1. The van der Waals surface area contributed by atoms with E-state index < -0.39 is 0 Å². The van der Waals surface area contributed by atoms with Crippen LogP contribution in [0.4, 0.5) is 0 Å². The molecule has 0 radical (unpaired) electrons. The third kappa shape index (κ3) is 4.27. The summed E-state index contributed by atoms with van der Waals surface area (Å²) in [5, 5.41) is 7.11. The van der Waals surface area contributed by atoms with Crippen molar-refractivity contribution in [2.75, 3.05) is 0 Å². The number of ether oxygens (including phenoxy) is 1. The zero-order chi connectivity index (χ0) is 18.5. The molecule has 0 aliphatic heterocycles. The molecule has 1 unspecified atom stereocenters. The largest absolute Gasteiger partial charge is 0.491 e. The molecule has 0 bridgehead atoms. The Balaban J connectivity index is 1.63. The minimum Gasteiger partial charge on any atom is -0.491 e. The van der Waals surface area contributed by atoms with E-state index >= 15 is 0 Å². The molecule has 0 aliphatic rings. The molecule has 1 heterocycles. The number of carbonyl (C=O) groups excluding carboxylic acids is 1. The van der Waals surface area contributed by atoms with Gasteiger partial charge in [-0.1, -0.05) is 12.1 Å². The van der Waals surface area contributed by atoms with Crippen molar-refractivity contribution in [3.8, 4) is 11.4 Å². The van der Waals surface area contributed by atoms with Gasteiger partial charge in [0.1, 0.15) is 18.4 Å². The van der Waals surface area contributed by atoms with Crippen LogP contribution in [0.2, 0.25) is 0 Å². The maximum atomic E-state index is 12.4. The Hall–Kier alpha value is -3.15. The van der Waals surface area contributed by atoms with Gasteiger partial charge in [-0.05, 0) is 62.7 Å². The van der Waals surface area contributed by atoms with E-state index in [0.717, 1.165) is 17.0 Å². The number of nitrogens with zero attached hydrogens (tertiary/aromatic N) is 3. The van der Waals surface area contributed by atoms with E-state index in [0.29, 0.717) is 5.56 Å². The van der Waals surface area contributed by atoms with Crippen LogP contribution in [-0.4, -0.2) is 26.8 Å². The second-order valence-electron chi connectivity index (χ2n) is 6.32. The summed E-state index contributed by atoms with van der Waals surface area (Å²) in [4.78, 5) is 16.4. The monoisotopic (exact) mass is 350 g/mol. The lowest BCUT2D eigenvalue weighted by atomic mass is 10.1. The van der Waals surface area contributed by atoms with Crippen LogP contribution in [0.5, 0.6) is 5.75 Å². The summed E-state index contributed by atoms with van der Waals surface area (Å²) in [6.07, 6.45) is 3.25. The fourth-order valence-electron chi connectivity index (χ4n) is 2.58. The summed E-state index contributed by atoms with van der Waals surface area (Å²) in [6, 6.07) is 14.9. The molecule has 2 aromatic carbocycles. The summed E-state index contributed by atoms with van der Waals surface area (Å²) in [6.45, 7) is 5.89. The second kappa shape index (κ2) is 7.82. The first kappa shape index (κ1) is 17.7. The van der Waals surface area contributed by atoms with Gasteiger partial charge in [-0.25, -0.2) is 9.67 Å². The molecular weight excluding hydrogens is 328 g/mol. The molecule has 0 fully saturated rings. The normalized spacial score (nSPS) is 12.0. The highest BCUT2D eigenvalue weighted by Gasteiger charge is 2.12. The molecule has 1 N–H and O–H groups in total. The molecule has 1 amide bonds. The van der Waals surface area contributed by atoms with Gasteiger partial charge in [0.05, 0.1) is 17.8 Å². The Morgan fingerprint density at radius 3 is 2.31 bits per heavy atom. The van der Waals surface area contributed by atoms with Gasteiger partial charge in [-0.3, -0.25) is 4.79 Å². The number of carbonyl (C=O) groups is 1. The van der Waals surface area contributed by atoms with Gasteiger partial charge in [0.15, 0.2) is 0 Å². The topological polar surface area (TPSA) is 69.0 Å². The number of aromatic nitrogens is 3. The molecule has 0 aliphatic carbocycles. The summed E-state index contributed by atoms with van der Waals surface area (Å²) in [5.41, 5.74) is 2.54. The average Bonchev–Trinajstić information content (AvgIpc) is 3.16. The van der Waals surface area contributed by atoms with Crippen LogP contribution in [0, 0.1) is 0 Å². The van der Waals surface area contributed by atoms with Gasteiger partial charge in [-0.15, -0.1) is 0 Å². The van der Waals surface area contributed by atoms with Crippen molar-refractivity contribution < 1.29 is 9.53 Å². The molecule has 0 saturated heterocycles. The van der Waals surface area contributed by atoms with Crippen LogP contribution in [0.25, 0.3) is 5.69 Å². The molecule has 0 saturated carbocycles. The van der Waals surface area contributed by atoms with E-state index in [-0.39, 0.29) is 18.1 Å². The molecule has 1 aromatic heterocycles. The first-order valence-electron chi connectivity index (χ1n) is 8.55. The molecule has 1 atom stereocenters. The van der Waals surface area contributed by atoms with Crippen molar-refractivity contribution >= 4 is 5.91 Å². The van der Waals surface area contributed by atoms with Crippen molar-refractivity contribution in [1.29, 1.82) is 0 Å². The highest BCUT2D eigenvalue weighted by Crippen LogP contribution is 2.17. The van der Waals surface area contributed by atoms with Crippen molar-refractivity contribution in [2.45, 2.75) is 32.9 Å². The van der Waals surface area contributed by atoms with E-state index in [9.17, 15) is 4.79 Å². The number of benzene rings is 2. The third-order valence-corrected chi connectivity index (χ3v) is 3.91. The zero-order valence-corrected chi connectivity index (χ0v) is 15.1. The zero-order valence-electron chi connectivity index (χ0n) is 15.1. The molecule has 3 aromatic rings. The highest BCUT2D eigenvalue weighted by molar-refractivity contribution is 5.94. The third-order valence-electron chi connectivity index (χ3n) is 3.91. The van der Waals surface area contributed by atoms with E-state index in [2.05, 4.69) is 15.4 Å². The molecular formula is C20H22N4O2. The Kier molecular flexibility index (Phi) is 5.31. The first-order valence-corrected chi connectivity index (χ1v) is 8.55. The summed E-state index contributed by atoms with van der Waals surface area (Å²) >= 11 is 0. The molecule has 134 valence electrons. The predicted molar refractivity (Wildman–Crippen MR) is 99.4 cm³/mol. The van der Waals surface area contributed by atoms with Crippen LogP contribution < -0.4 is 10.1 Å². The predicted octanol–water partition coefficient (Wildman–Crippen LogP) is 3.55. The molecule has 6 heteroatoms. The van der Waals surface area contributed by atoms with Crippen molar-refractivity contribution in [1.82, 2.24) is 20.1 Å². The molecule has 0 spiro atoms. The Bertz CT molecular complexity index is 841. The Morgan fingerprint density at radius 1 is 1.04 bits per heavy atom. The maximum absolute atomic E-state index is 12.4. The van der Waals surface area contributed by atoms with E-state index in [1.165, 1.54) is 6.33 Å². The summed E-state index contributed by atoms with van der Waals surface area (Å²) < 4.78 is 7.29. The van der Waals surface area contributed by atoms with Gasteiger partial charge >= 0.3 is 0 Å². The number of nitrogens with one attached hydrogen (secondary N) is 1. The van der Waals surface area contributed by atoms with E-state index in [1.54, 1.807) is 23.1 Å². The van der Waals surface area contributed by atoms with Crippen LogP contribution >= 0.6 is 0 Å². The van der Waals surface area contributed by atoms with Gasteiger partial charge in [0.25, 0.3) is 5.91 Å². The van der Waals surface area contributed by atoms with Gasteiger partial charge in [0.2, 0.25) is 0 Å². The minimum absolute atomic E-state index is 0.107. The lowest BCUT2D eigenvalue weighted by Crippen LogP contribution is -2.26. The van der Waals surface area contributed by atoms with Crippen molar-refractivity contribution in [3.63, 3.8) is 0 Å². The van der Waals surface area contributed by atoms with Gasteiger partial charge in [0, 0.05) is 5.56 Å². The maximum Gasteiger partial charge on any atom is 0.251 e. The molecule has 26 heavy (non-hydrogen) atoms. The van der Waals surface area contributed by atoms with Gasteiger partial charge in [-0.2, -0.15) is 5.10 Å². The van der Waals surface area contributed by atoms with Crippen LogP contribution in [0.1, 0.15) is 42.7 Å². The standard InChI is InChI=1S/C20H22N4O2/c1-14(2)26-19-10-6-17(7-11-19)20(25)23-15(3)16-4-8-18(9-5-16)24-13-21-12-22-24/h4-15H,1-3H3,(H,23,25). The molecule has 6 nitrogen and oxygen atoms in total. The van der Waals surface area contributed by atoms with Crippen molar-refractivity contribution in [2.24, 2.45) is 0 Å². The van der Waals surface area contributed by atoms with Gasteiger partial charge < -0.3 is 10.1 Å². The summed E-state index contributed by atoms with van der Waals surface area (Å²) in [5.74, 6) is 0.641. The number of hydrogen-bond acceptors (Lipinski definition) is 4. The lowest BCUT2D eigenvalue weighted by Gasteiger charge is -2.15. The number of rotatable bonds is 6. The smallest absolute Gasteiger partial charge is 0.251 e.